The van der Waals surface area contributed by atoms with Crippen molar-refractivity contribution in [2.45, 2.75) is 18.8 Å². The summed E-state index contributed by atoms with van der Waals surface area (Å²) in [5, 5.41) is 5.24. The monoisotopic (exact) mass is 338 g/mol. The second kappa shape index (κ2) is 7.83. The summed E-state index contributed by atoms with van der Waals surface area (Å²) in [4.78, 5) is 23.0. The number of nitrogens with one attached hydrogen (secondary N) is 2. The van der Waals surface area contributed by atoms with E-state index in [1.807, 2.05) is 24.3 Å². The molecule has 0 aromatic heterocycles. The Morgan fingerprint density at radius 3 is 2.20 bits per heavy atom. The predicted octanol–water partition coefficient (Wildman–Crippen LogP) is 3.05. The molecule has 0 aliphatic heterocycles. The van der Waals surface area contributed by atoms with Crippen LogP contribution in [0, 0.1) is 0 Å². The topological polar surface area (TPSA) is 67.4 Å². The molecule has 0 radical (unpaired) electrons. The molecular formula is C20H22N2O3. The molecular weight excluding hydrogens is 316 g/mol. The van der Waals surface area contributed by atoms with Gasteiger partial charge in [-0.15, -0.1) is 0 Å². The van der Waals surface area contributed by atoms with Gasteiger partial charge in [0.2, 0.25) is 5.91 Å². The number of fused-ring (bicyclic) bond motifs is 3. The molecule has 3 rings (SSSR count). The SMILES string of the molecule is CNC(=O)CCCNC(=O)OCC1c2ccccc2-c2ccccc21. The number of hydrogen-bond donors (Lipinski definition) is 2. The molecule has 0 saturated heterocycles. The summed E-state index contributed by atoms with van der Waals surface area (Å²) in [6.45, 7) is 0.722. The first kappa shape index (κ1) is 17.0. The molecule has 2 aromatic rings. The Bertz CT molecular complexity index is 728. The van der Waals surface area contributed by atoms with E-state index in [9.17, 15) is 9.59 Å². The van der Waals surface area contributed by atoms with Crippen molar-refractivity contribution in [2.75, 3.05) is 20.2 Å². The highest BCUT2D eigenvalue weighted by Crippen LogP contribution is 2.44. The highest BCUT2D eigenvalue weighted by Gasteiger charge is 2.28. The number of amides is 2. The number of carbonyl (C=O) groups is 2. The van der Waals surface area contributed by atoms with E-state index in [0.717, 1.165) is 0 Å². The highest BCUT2D eigenvalue weighted by atomic mass is 16.5. The summed E-state index contributed by atoms with van der Waals surface area (Å²) in [6, 6.07) is 16.5. The summed E-state index contributed by atoms with van der Waals surface area (Å²) in [5.41, 5.74) is 4.79. The van der Waals surface area contributed by atoms with Crippen LogP contribution in [0.25, 0.3) is 11.1 Å². The summed E-state index contributed by atoms with van der Waals surface area (Å²) in [6.07, 6.45) is 0.531. The summed E-state index contributed by atoms with van der Waals surface area (Å²) >= 11 is 0. The molecule has 2 amide bonds. The van der Waals surface area contributed by atoms with Crippen LogP contribution in [0.4, 0.5) is 4.79 Å². The standard InChI is InChI=1S/C20H22N2O3/c1-21-19(23)11-6-12-22-20(24)25-13-18-16-9-4-2-7-14(16)15-8-3-5-10-17(15)18/h2-5,7-10,18H,6,11-13H2,1H3,(H,21,23)(H,22,24). The fraction of sp³-hybridized carbons (Fsp3) is 0.300. The maximum absolute atomic E-state index is 11.9. The molecule has 0 saturated carbocycles. The van der Waals surface area contributed by atoms with Crippen LogP contribution in [0.3, 0.4) is 0 Å². The van der Waals surface area contributed by atoms with E-state index >= 15 is 0 Å². The minimum atomic E-state index is -0.446. The molecule has 25 heavy (non-hydrogen) atoms. The highest BCUT2D eigenvalue weighted by molar-refractivity contribution is 5.79. The number of carbonyl (C=O) groups excluding carboxylic acids is 2. The number of rotatable bonds is 6. The van der Waals surface area contributed by atoms with Gasteiger partial charge in [0.1, 0.15) is 6.61 Å². The first-order chi connectivity index (χ1) is 12.2. The average Bonchev–Trinajstić information content (AvgIpc) is 2.97. The van der Waals surface area contributed by atoms with Crippen LogP contribution in [-0.4, -0.2) is 32.2 Å². The normalized spacial score (nSPS) is 12.2. The molecule has 1 aliphatic carbocycles. The summed E-state index contributed by atoms with van der Waals surface area (Å²) < 4.78 is 5.42. The van der Waals surface area contributed by atoms with Gasteiger partial charge in [0.05, 0.1) is 0 Å². The van der Waals surface area contributed by atoms with Gasteiger partial charge in [0.15, 0.2) is 0 Å². The second-order valence-electron chi connectivity index (χ2n) is 6.03. The van der Waals surface area contributed by atoms with Crippen LogP contribution < -0.4 is 10.6 Å². The van der Waals surface area contributed by atoms with Crippen LogP contribution in [0.1, 0.15) is 29.9 Å². The fourth-order valence-corrected chi connectivity index (χ4v) is 3.21. The Balaban J connectivity index is 1.56. The maximum Gasteiger partial charge on any atom is 0.407 e. The van der Waals surface area contributed by atoms with E-state index in [1.54, 1.807) is 7.05 Å². The van der Waals surface area contributed by atoms with Crippen LogP contribution in [0.5, 0.6) is 0 Å². The molecule has 0 bridgehead atoms. The van der Waals surface area contributed by atoms with E-state index in [-0.39, 0.29) is 11.8 Å². The van der Waals surface area contributed by atoms with Crippen LogP contribution in [0.15, 0.2) is 48.5 Å². The van der Waals surface area contributed by atoms with E-state index in [0.29, 0.717) is 26.0 Å². The molecule has 0 spiro atoms. The number of hydrogen-bond acceptors (Lipinski definition) is 3. The van der Waals surface area contributed by atoms with Gasteiger partial charge in [0, 0.05) is 25.9 Å². The minimum Gasteiger partial charge on any atom is -0.449 e. The van der Waals surface area contributed by atoms with Crippen LogP contribution in [0.2, 0.25) is 0 Å². The molecule has 0 unspecified atom stereocenters. The van der Waals surface area contributed by atoms with E-state index in [4.69, 9.17) is 4.74 Å². The maximum atomic E-state index is 11.9. The molecule has 2 N–H and O–H groups in total. The Morgan fingerprint density at radius 2 is 1.60 bits per heavy atom. The van der Waals surface area contributed by atoms with E-state index in [2.05, 4.69) is 34.9 Å². The van der Waals surface area contributed by atoms with Crippen molar-refractivity contribution in [1.82, 2.24) is 10.6 Å². The molecule has 130 valence electrons. The Morgan fingerprint density at radius 1 is 1.00 bits per heavy atom. The van der Waals surface area contributed by atoms with Gasteiger partial charge >= 0.3 is 6.09 Å². The van der Waals surface area contributed by atoms with Crippen molar-refractivity contribution in [1.29, 1.82) is 0 Å². The van der Waals surface area contributed by atoms with Gasteiger partial charge in [0.25, 0.3) is 0 Å². The lowest BCUT2D eigenvalue weighted by Gasteiger charge is -2.14. The van der Waals surface area contributed by atoms with Crippen LogP contribution in [-0.2, 0) is 9.53 Å². The lowest BCUT2D eigenvalue weighted by Crippen LogP contribution is -2.28. The number of alkyl carbamates (subject to hydrolysis) is 1. The van der Waals surface area contributed by atoms with Gasteiger partial charge in [-0.05, 0) is 28.7 Å². The molecule has 1 aliphatic rings. The molecule has 5 heteroatoms. The number of ether oxygens (including phenoxy) is 1. The molecule has 5 nitrogen and oxygen atoms in total. The van der Waals surface area contributed by atoms with Gasteiger partial charge < -0.3 is 15.4 Å². The molecule has 2 aromatic carbocycles. The molecule has 0 heterocycles. The number of benzene rings is 2. The zero-order valence-electron chi connectivity index (χ0n) is 14.2. The Labute approximate surface area is 147 Å². The zero-order valence-corrected chi connectivity index (χ0v) is 14.2. The lowest BCUT2D eigenvalue weighted by molar-refractivity contribution is -0.120. The van der Waals surface area contributed by atoms with Crippen molar-refractivity contribution in [3.05, 3.63) is 59.7 Å². The quantitative estimate of drug-likeness (QED) is 0.796. The van der Waals surface area contributed by atoms with Crippen LogP contribution >= 0.6 is 0 Å². The smallest absolute Gasteiger partial charge is 0.407 e. The van der Waals surface area contributed by atoms with E-state index < -0.39 is 6.09 Å². The lowest BCUT2D eigenvalue weighted by atomic mass is 9.98. The third-order valence-corrected chi connectivity index (χ3v) is 4.47. The molecule has 0 atom stereocenters. The average molecular weight is 338 g/mol. The molecule has 0 fully saturated rings. The minimum absolute atomic E-state index is 0.0330. The first-order valence-corrected chi connectivity index (χ1v) is 8.50. The van der Waals surface area contributed by atoms with Crippen molar-refractivity contribution < 1.29 is 14.3 Å². The fourth-order valence-electron chi connectivity index (χ4n) is 3.21. The van der Waals surface area contributed by atoms with Gasteiger partial charge in [-0.1, -0.05) is 48.5 Å². The zero-order chi connectivity index (χ0) is 17.6. The van der Waals surface area contributed by atoms with Crippen molar-refractivity contribution in [2.24, 2.45) is 0 Å². The Kier molecular flexibility index (Phi) is 5.33. The second-order valence-corrected chi connectivity index (χ2v) is 6.03. The van der Waals surface area contributed by atoms with Gasteiger partial charge in [-0.25, -0.2) is 4.79 Å². The van der Waals surface area contributed by atoms with E-state index in [1.165, 1.54) is 22.3 Å². The first-order valence-electron chi connectivity index (χ1n) is 8.50. The summed E-state index contributed by atoms with van der Waals surface area (Å²) in [7, 11) is 1.60. The predicted molar refractivity (Wildman–Crippen MR) is 96.4 cm³/mol. The van der Waals surface area contributed by atoms with Crippen molar-refractivity contribution in [3.63, 3.8) is 0 Å². The largest absolute Gasteiger partial charge is 0.449 e. The third-order valence-electron chi connectivity index (χ3n) is 4.47. The third kappa shape index (κ3) is 3.82. The van der Waals surface area contributed by atoms with Gasteiger partial charge in [-0.2, -0.15) is 0 Å². The van der Waals surface area contributed by atoms with Crippen molar-refractivity contribution in [3.8, 4) is 11.1 Å². The van der Waals surface area contributed by atoms with Crippen molar-refractivity contribution >= 4 is 12.0 Å². The Hall–Kier alpha value is -2.82. The van der Waals surface area contributed by atoms with Gasteiger partial charge in [-0.3, -0.25) is 4.79 Å². The summed E-state index contributed by atoms with van der Waals surface area (Å²) in [5.74, 6) is 0.0263.